The Labute approximate surface area is 143 Å². The van der Waals surface area contributed by atoms with E-state index in [1.54, 1.807) is 0 Å². The molecule has 0 saturated heterocycles. The maximum absolute atomic E-state index is 13.3. The third-order valence-corrected chi connectivity index (χ3v) is 3.78. The maximum Gasteiger partial charge on any atom is 0.246 e. The average Bonchev–Trinajstić information content (AvgIpc) is 2.98. The molecule has 25 heavy (non-hydrogen) atoms. The van der Waals surface area contributed by atoms with Gasteiger partial charge in [-0.3, -0.25) is 4.79 Å². The van der Waals surface area contributed by atoms with E-state index < -0.39 is 11.6 Å². The maximum atomic E-state index is 13.3. The van der Waals surface area contributed by atoms with E-state index >= 15 is 0 Å². The number of ketones is 1. The van der Waals surface area contributed by atoms with Crippen LogP contribution >= 0.6 is 0 Å². The highest BCUT2D eigenvalue weighted by molar-refractivity contribution is 5.97. The zero-order chi connectivity index (χ0) is 18.1. The average molecular weight is 342 g/mol. The first-order valence-corrected chi connectivity index (χ1v) is 7.61. The summed E-state index contributed by atoms with van der Waals surface area (Å²) in [6, 6.07) is 6.81. The lowest BCUT2D eigenvalue weighted by molar-refractivity contribution is 0.101. The largest absolute Gasteiger partial charge is 0.323 e. The minimum absolute atomic E-state index is 0.0297. The third kappa shape index (κ3) is 3.55. The number of hydrogen-bond acceptors (Lipinski definition) is 4. The molecular weight excluding hydrogens is 326 g/mol. The van der Waals surface area contributed by atoms with Crippen molar-refractivity contribution in [3.63, 3.8) is 0 Å². The van der Waals surface area contributed by atoms with E-state index in [2.05, 4.69) is 15.4 Å². The molecule has 0 aliphatic heterocycles. The van der Waals surface area contributed by atoms with Gasteiger partial charge in [0.2, 0.25) is 5.95 Å². The second-order valence-electron chi connectivity index (χ2n) is 5.81. The van der Waals surface area contributed by atoms with Gasteiger partial charge in [-0.2, -0.15) is 4.98 Å². The lowest BCUT2D eigenvalue weighted by atomic mass is 10.0. The van der Waals surface area contributed by atoms with Crippen LogP contribution in [-0.2, 0) is 0 Å². The minimum Gasteiger partial charge on any atom is -0.323 e. The number of nitrogens with one attached hydrogen (secondary N) is 1. The van der Waals surface area contributed by atoms with Gasteiger partial charge in [-0.1, -0.05) is 0 Å². The topological polar surface area (TPSA) is 59.8 Å². The van der Waals surface area contributed by atoms with Crippen molar-refractivity contribution < 1.29 is 13.6 Å². The first kappa shape index (κ1) is 16.8. The molecular formula is C18H16F2N4O. The summed E-state index contributed by atoms with van der Waals surface area (Å²) in [5.74, 6) is -1.16. The van der Waals surface area contributed by atoms with E-state index in [-0.39, 0.29) is 17.4 Å². The van der Waals surface area contributed by atoms with E-state index in [0.29, 0.717) is 11.3 Å². The molecule has 0 aliphatic rings. The molecule has 5 nitrogen and oxygen atoms in total. The van der Waals surface area contributed by atoms with Crippen LogP contribution in [0.25, 0.3) is 5.69 Å². The van der Waals surface area contributed by atoms with E-state index in [4.69, 9.17) is 0 Å². The lowest BCUT2D eigenvalue weighted by Gasteiger charge is -2.11. The van der Waals surface area contributed by atoms with Crippen LogP contribution in [0, 0.1) is 25.5 Å². The molecule has 7 heteroatoms. The quantitative estimate of drug-likeness (QED) is 0.725. The molecule has 0 bridgehead atoms. The molecule has 0 atom stereocenters. The summed E-state index contributed by atoms with van der Waals surface area (Å²) < 4.78 is 27.9. The highest BCUT2D eigenvalue weighted by Crippen LogP contribution is 2.24. The second kappa shape index (κ2) is 6.43. The Bertz CT molecular complexity index is 945. The predicted octanol–water partition coefficient (Wildman–Crippen LogP) is 4.11. The van der Waals surface area contributed by atoms with Crippen LogP contribution in [0.4, 0.5) is 20.4 Å². The molecule has 0 fully saturated rings. The molecule has 128 valence electrons. The van der Waals surface area contributed by atoms with Crippen LogP contribution < -0.4 is 5.32 Å². The molecule has 3 rings (SSSR count). The number of hydrogen-bond donors (Lipinski definition) is 1. The predicted molar refractivity (Wildman–Crippen MR) is 90.5 cm³/mol. The Morgan fingerprint density at radius 3 is 2.40 bits per heavy atom. The van der Waals surface area contributed by atoms with Gasteiger partial charge in [-0.15, -0.1) is 5.10 Å². The summed E-state index contributed by atoms with van der Waals surface area (Å²) in [6.07, 6.45) is 1.35. The summed E-state index contributed by atoms with van der Waals surface area (Å²) >= 11 is 0. The highest BCUT2D eigenvalue weighted by atomic mass is 19.1. The molecule has 0 amide bonds. The lowest BCUT2D eigenvalue weighted by Crippen LogP contribution is -2.03. The highest BCUT2D eigenvalue weighted by Gasteiger charge is 2.12. The molecule has 0 spiro atoms. The third-order valence-electron chi connectivity index (χ3n) is 3.78. The number of aryl methyl sites for hydroxylation is 1. The Kier molecular flexibility index (Phi) is 4.31. The number of carbonyl (C=O) groups is 1. The zero-order valence-corrected chi connectivity index (χ0v) is 14.0. The Hall–Kier alpha value is -3.09. The monoisotopic (exact) mass is 342 g/mol. The molecule has 0 unspecified atom stereocenters. The van der Waals surface area contributed by atoms with Crippen LogP contribution in [0.15, 0.2) is 36.7 Å². The molecule has 2 aromatic carbocycles. The van der Waals surface area contributed by atoms with Crippen LogP contribution in [0.3, 0.4) is 0 Å². The standard InChI is InChI=1S/C18H16F2N4O/c1-10-4-16(12(3)25)11(2)17(5-10)22-18-21-9-24(23-18)15-7-13(19)6-14(20)8-15/h4-9H,1-3H3,(H,22,23). The number of anilines is 2. The van der Waals surface area contributed by atoms with Crippen molar-refractivity contribution in [2.45, 2.75) is 20.8 Å². The minimum atomic E-state index is -0.694. The Morgan fingerprint density at radius 2 is 1.76 bits per heavy atom. The zero-order valence-electron chi connectivity index (χ0n) is 14.0. The summed E-state index contributed by atoms with van der Waals surface area (Å²) in [5, 5.41) is 7.22. The first-order chi connectivity index (χ1) is 11.8. The number of nitrogens with zero attached hydrogens (tertiary/aromatic N) is 3. The van der Waals surface area contributed by atoms with Gasteiger partial charge in [-0.05, 0) is 56.2 Å². The molecule has 1 heterocycles. The summed E-state index contributed by atoms with van der Waals surface area (Å²) in [6.45, 7) is 5.23. The van der Waals surface area contributed by atoms with Crippen LogP contribution in [0.1, 0.15) is 28.4 Å². The first-order valence-electron chi connectivity index (χ1n) is 7.61. The van der Waals surface area contributed by atoms with E-state index in [1.807, 2.05) is 26.0 Å². The van der Waals surface area contributed by atoms with Crippen molar-refractivity contribution in [2.75, 3.05) is 5.32 Å². The van der Waals surface area contributed by atoms with Crippen molar-refractivity contribution in [2.24, 2.45) is 0 Å². The smallest absolute Gasteiger partial charge is 0.246 e. The fraction of sp³-hybridized carbons (Fsp3) is 0.167. The molecule has 0 aliphatic carbocycles. The van der Waals surface area contributed by atoms with Gasteiger partial charge < -0.3 is 5.32 Å². The van der Waals surface area contributed by atoms with Gasteiger partial charge in [0.25, 0.3) is 0 Å². The Balaban J connectivity index is 1.93. The number of Topliss-reactive ketones (excluding diaryl/α,β-unsaturated/α-hetero) is 1. The number of benzene rings is 2. The van der Waals surface area contributed by atoms with Gasteiger partial charge in [0.1, 0.15) is 18.0 Å². The van der Waals surface area contributed by atoms with Crippen LogP contribution in [-0.4, -0.2) is 20.5 Å². The van der Waals surface area contributed by atoms with E-state index in [9.17, 15) is 13.6 Å². The summed E-state index contributed by atoms with van der Waals surface area (Å²) in [5.41, 5.74) is 3.25. The van der Waals surface area contributed by atoms with Gasteiger partial charge in [0.15, 0.2) is 5.78 Å². The number of carbonyl (C=O) groups excluding carboxylic acids is 1. The molecule has 3 aromatic rings. The van der Waals surface area contributed by atoms with E-state index in [0.717, 1.165) is 29.3 Å². The van der Waals surface area contributed by atoms with Crippen molar-refractivity contribution in [3.05, 3.63) is 65.0 Å². The number of halogens is 2. The van der Waals surface area contributed by atoms with Gasteiger partial charge in [0.05, 0.1) is 5.69 Å². The summed E-state index contributed by atoms with van der Waals surface area (Å²) in [4.78, 5) is 15.8. The van der Waals surface area contributed by atoms with Gasteiger partial charge in [0, 0.05) is 17.3 Å². The molecule has 0 saturated carbocycles. The van der Waals surface area contributed by atoms with Crippen LogP contribution in [0.2, 0.25) is 0 Å². The molecule has 0 radical (unpaired) electrons. The van der Waals surface area contributed by atoms with Crippen molar-refractivity contribution in [1.82, 2.24) is 14.8 Å². The fourth-order valence-corrected chi connectivity index (χ4v) is 2.59. The van der Waals surface area contributed by atoms with Gasteiger partial charge >= 0.3 is 0 Å². The van der Waals surface area contributed by atoms with Crippen molar-refractivity contribution in [1.29, 1.82) is 0 Å². The van der Waals surface area contributed by atoms with Gasteiger partial charge in [-0.25, -0.2) is 13.5 Å². The second-order valence-corrected chi connectivity index (χ2v) is 5.81. The fourth-order valence-electron chi connectivity index (χ4n) is 2.59. The van der Waals surface area contributed by atoms with E-state index in [1.165, 1.54) is 17.9 Å². The number of rotatable bonds is 4. The number of aromatic nitrogens is 3. The normalized spacial score (nSPS) is 10.8. The Morgan fingerprint density at radius 1 is 1.08 bits per heavy atom. The molecule has 1 aromatic heterocycles. The summed E-state index contributed by atoms with van der Waals surface area (Å²) in [7, 11) is 0. The van der Waals surface area contributed by atoms with Crippen molar-refractivity contribution in [3.8, 4) is 5.69 Å². The van der Waals surface area contributed by atoms with Crippen molar-refractivity contribution >= 4 is 17.4 Å². The van der Waals surface area contributed by atoms with Crippen LogP contribution in [0.5, 0.6) is 0 Å². The molecule has 1 N–H and O–H groups in total. The SMILES string of the molecule is CC(=O)c1cc(C)cc(Nc2ncn(-c3cc(F)cc(F)c3)n2)c1C.